The summed E-state index contributed by atoms with van der Waals surface area (Å²) in [7, 11) is 10.3. The second-order valence-corrected chi connectivity index (χ2v) is 8.37. The number of nitrogen functional groups attached to an aromatic ring is 1. The van der Waals surface area contributed by atoms with Crippen LogP contribution in [0.2, 0.25) is 0 Å². The number of carbonyl (C=O) groups is 1. The van der Waals surface area contributed by atoms with Gasteiger partial charge in [-0.2, -0.15) is 0 Å². The Labute approximate surface area is 190 Å². The van der Waals surface area contributed by atoms with E-state index in [-0.39, 0.29) is 23.7 Å². The lowest BCUT2D eigenvalue weighted by Gasteiger charge is -2.35. The molecule has 32 heavy (non-hydrogen) atoms. The van der Waals surface area contributed by atoms with Crippen molar-refractivity contribution >= 4 is 17.2 Å². The first-order valence-electron chi connectivity index (χ1n) is 10.8. The predicted molar refractivity (Wildman–Crippen MR) is 126 cm³/mol. The van der Waals surface area contributed by atoms with Gasteiger partial charge in [0.25, 0.3) is 0 Å². The average Bonchev–Trinajstić information content (AvgIpc) is 2.81. The molecule has 7 heteroatoms. The zero-order valence-corrected chi connectivity index (χ0v) is 19.8. The maximum Gasteiger partial charge on any atom is 0.203 e. The summed E-state index contributed by atoms with van der Waals surface area (Å²) in [5.41, 5.74) is 9.61. The van der Waals surface area contributed by atoms with E-state index in [0.717, 1.165) is 24.1 Å². The highest BCUT2D eigenvalue weighted by atomic mass is 16.5. The topological polar surface area (TPSA) is 83.3 Å². The molecule has 0 aliphatic heterocycles. The number of nitrogens with two attached hydrogens (primary N) is 1. The average molecular weight is 443 g/mol. The second kappa shape index (κ2) is 10.1. The minimum Gasteiger partial charge on any atom is -0.493 e. The van der Waals surface area contributed by atoms with E-state index in [1.807, 2.05) is 31.1 Å². The molecule has 3 atom stereocenters. The van der Waals surface area contributed by atoms with Gasteiger partial charge >= 0.3 is 0 Å². The third-order valence-corrected chi connectivity index (χ3v) is 6.38. The van der Waals surface area contributed by atoms with Crippen LogP contribution < -0.4 is 24.8 Å². The van der Waals surface area contributed by atoms with Crippen LogP contribution in [0.3, 0.4) is 0 Å². The van der Waals surface area contributed by atoms with Crippen LogP contribution in [0.5, 0.6) is 17.2 Å². The van der Waals surface area contributed by atoms with Crippen LogP contribution in [-0.4, -0.2) is 54.4 Å². The van der Waals surface area contributed by atoms with Crippen molar-refractivity contribution in [2.24, 2.45) is 5.92 Å². The van der Waals surface area contributed by atoms with E-state index in [1.165, 1.54) is 0 Å². The molecule has 174 valence electrons. The van der Waals surface area contributed by atoms with Crippen LogP contribution in [-0.2, 0) is 4.74 Å². The highest BCUT2D eigenvalue weighted by Crippen LogP contribution is 2.44. The molecule has 0 radical (unpaired) electrons. The Hall–Kier alpha value is -2.93. The molecule has 0 heterocycles. The van der Waals surface area contributed by atoms with Crippen LogP contribution in [0.15, 0.2) is 30.3 Å². The lowest BCUT2D eigenvalue weighted by Crippen LogP contribution is -2.33. The number of benzene rings is 2. The number of rotatable bonds is 8. The van der Waals surface area contributed by atoms with Gasteiger partial charge in [-0.15, -0.1) is 0 Å². The van der Waals surface area contributed by atoms with Crippen LogP contribution >= 0.6 is 0 Å². The molecule has 0 bridgehead atoms. The molecule has 1 saturated carbocycles. The van der Waals surface area contributed by atoms with Gasteiger partial charge in [0.1, 0.15) is 0 Å². The predicted octanol–water partition coefficient (Wildman–Crippen LogP) is 4.14. The molecule has 2 aromatic rings. The minimum absolute atomic E-state index is 0.0336. The van der Waals surface area contributed by atoms with Gasteiger partial charge in [0.15, 0.2) is 17.3 Å². The van der Waals surface area contributed by atoms with Crippen LogP contribution in [0.25, 0.3) is 0 Å². The molecule has 1 aliphatic rings. The fourth-order valence-corrected chi connectivity index (χ4v) is 4.68. The van der Waals surface area contributed by atoms with Gasteiger partial charge in [-0.05, 0) is 55.0 Å². The SMILES string of the molecule is COc1cc(C(=O)C2CC(OC)CCC2c2ccc(N(C)C)c(N)c2)cc(OC)c1OC. The molecule has 3 unspecified atom stereocenters. The minimum atomic E-state index is -0.249. The molecule has 2 N–H and O–H groups in total. The highest BCUT2D eigenvalue weighted by molar-refractivity contribution is 5.99. The number of anilines is 2. The second-order valence-electron chi connectivity index (χ2n) is 8.37. The van der Waals surface area contributed by atoms with Crippen molar-refractivity contribution in [2.75, 3.05) is 53.2 Å². The summed E-state index contributed by atoms with van der Waals surface area (Å²) in [5.74, 6) is 1.23. The summed E-state index contributed by atoms with van der Waals surface area (Å²) < 4.78 is 22.0. The van der Waals surface area contributed by atoms with Crippen molar-refractivity contribution in [2.45, 2.75) is 31.3 Å². The molecular weight excluding hydrogens is 408 g/mol. The summed E-state index contributed by atoms with van der Waals surface area (Å²) in [4.78, 5) is 15.8. The fraction of sp³-hybridized carbons (Fsp3) is 0.480. The summed E-state index contributed by atoms with van der Waals surface area (Å²) in [5, 5.41) is 0. The number of Topliss-reactive ketones (excluding diaryl/α,β-unsaturated/α-hetero) is 1. The summed E-state index contributed by atoms with van der Waals surface area (Å²) in [6, 6.07) is 9.55. The zero-order valence-electron chi connectivity index (χ0n) is 19.8. The maximum atomic E-state index is 13.8. The van der Waals surface area contributed by atoms with E-state index in [4.69, 9.17) is 24.7 Å². The smallest absolute Gasteiger partial charge is 0.203 e. The van der Waals surface area contributed by atoms with Crippen molar-refractivity contribution in [3.63, 3.8) is 0 Å². The number of ether oxygens (including phenoxy) is 4. The Morgan fingerprint density at radius 2 is 1.62 bits per heavy atom. The Kier molecular flexibility index (Phi) is 7.51. The van der Waals surface area contributed by atoms with Gasteiger partial charge in [0, 0.05) is 32.7 Å². The van der Waals surface area contributed by atoms with Gasteiger partial charge in [-0.3, -0.25) is 4.79 Å². The molecule has 7 nitrogen and oxygen atoms in total. The standard InChI is InChI=1S/C25H34N2O5/c1-27(2)21-10-7-15(11-20(21)26)18-9-8-17(29-3)14-19(18)24(28)16-12-22(30-4)25(32-6)23(13-16)31-5/h7,10-13,17-19H,8-9,14,26H2,1-6H3. The molecule has 0 spiro atoms. The fourth-order valence-electron chi connectivity index (χ4n) is 4.68. The number of ketones is 1. The Morgan fingerprint density at radius 1 is 0.969 bits per heavy atom. The van der Waals surface area contributed by atoms with Crippen LogP contribution in [0.4, 0.5) is 11.4 Å². The summed E-state index contributed by atoms with van der Waals surface area (Å²) in [6.07, 6.45) is 2.43. The van der Waals surface area contributed by atoms with Crippen LogP contribution in [0.1, 0.15) is 41.1 Å². The number of hydrogen-bond donors (Lipinski definition) is 1. The van der Waals surface area contributed by atoms with Crippen molar-refractivity contribution < 1.29 is 23.7 Å². The van der Waals surface area contributed by atoms with E-state index in [0.29, 0.717) is 34.9 Å². The highest BCUT2D eigenvalue weighted by Gasteiger charge is 2.37. The third-order valence-electron chi connectivity index (χ3n) is 6.38. The van der Waals surface area contributed by atoms with E-state index in [1.54, 1.807) is 40.6 Å². The first-order valence-corrected chi connectivity index (χ1v) is 10.8. The van der Waals surface area contributed by atoms with Gasteiger partial charge in [0.2, 0.25) is 5.75 Å². The Morgan fingerprint density at radius 3 is 2.12 bits per heavy atom. The van der Waals surface area contributed by atoms with Crippen LogP contribution in [0, 0.1) is 5.92 Å². The Balaban J connectivity index is 2.01. The van der Waals surface area contributed by atoms with E-state index < -0.39 is 0 Å². The van der Waals surface area contributed by atoms with E-state index >= 15 is 0 Å². The van der Waals surface area contributed by atoms with Crippen molar-refractivity contribution in [1.82, 2.24) is 0 Å². The largest absolute Gasteiger partial charge is 0.493 e. The molecule has 0 amide bonds. The molecule has 0 aromatic heterocycles. The number of nitrogens with zero attached hydrogens (tertiary/aromatic N) is 1. The summed E-state index contributed by atoms with van der Waals surface area (Å²) >= 11 is 0. The molecule has 0 saturated heterocycles. The molecule has 3 rings (SSSR count). The first kappa shape index (κ1) is 23.7. The molecular formula is C25H34N2O5. The Bertz CT molecular complexity index is 934. The van der Waals surface area contributed by atoms with Gasteiger partial charge < -0.3 is 29.6 Å². The first-order chi connectivity index (χ1) is 15.3. The van der Waals surface area contributed by atoms with Crippen molar-refractivity contribution in [1.29, 1.82) is 0 Å². The quantitative estimate of drug-likeness (QED) is 0.486. The summed E-state index contributed by atoms with van der Waals surface area (Å²) in [6.45, 7) is 0. The number of carbonyl (C=O) groups excluding carboxylic acids is 1. The monoisotopic (exact) mass is 442 g/mol. The zero-order chi connectivity index (χ0) is 23.4. The molecule has 1 fully saturated rings. The molecule has 1 aliphatic carbocycles. The van der Waals surface area contributed by atoms with Gasteiger partial charge in [-0.25, -0.2) is 0 Å². The number of hydrogen-bond acceptors (Lipinski definition) is 7. The van der Waals surface area contributed by atoms with Crippen molar-refractivity contribution in [3.05, 3.63) is 41.5 Å². The van der Waals surface area contributed by atoms with E-state index in [2.05, 4.69) is 6.07 Å². The third kappa shape index (κ3) is 4.63. The van der Waals surface area contributed by atoms with E-state index in [9.17, 15) is 4.79 Å². The normalized spacial score (nSPS) is 20.5. The maximum absolute atomic E-state index is 13.8. The lowest BCUT2D eigenvalue weighted by atomic mass is 9.71. The number of methoxy groups -OCH3 is 4. The molecule has 2 aromatic carbocycles. The van der Waals surface area contributed by atoms with Crippen molar-refractivity contribution in [3.8, 4) is 17.2 Å². The van der Waals surface area contributed by atoms with Gasteiger partial charge in [-0.1, -0.05) is 6.07 Å². The van der Waals surface area contributed by atoms with Gasteiger partial charge in [0.05, 0.1) is 38.8 Å². The lowest BCUT2D eigenvalue weighted by molar-refractivity contribution is 0.0389.